The van der Waals surface area contributed by atoms with Crippen LogP contribution in [0, 0.1) is 6.92 Å². The number of ether oxygens (including phenoxy) is 1. The number of oxazole rings is 1. The number of aryl methyl sites for hydroxylation is 1. The van der Waals surface area contributed by atoms with Crippen molar-refractivity contribution < 1.29 is 13.9 Å². The number of methoxy groups -OCH3 is 1. The lowest BCUT2D eigenvalue weighted by atomic mass is 10.3. The van der Waals surface area contributed by atoms with Crippen molar-refractivity contribution in [1.82, 2.24) is 4.98 Å². The van der Waals surface area contributed by atoms with Crippen LogP contribution < -0.4 is 0 Å². The third-order valence-electron chi connectivity index (χ3n) is 1.91. The maximum absolute atomic E-state index is 11.5. The molecule has 2 aromatic heterocycles. The van der Waals surface area contributed by atoms with E-state index in [9.17, 15) is 4.79 Å². The van der Waals surface area contributed by atoms with Crippen molar-refractivity contribution >= 4 is 28.9 Å². The van der Waals surface area contributed by atoms with E-state index in [1.54, 1.807) is 19.1 Å². The van der Waals surface area contributed by atoms with E-state index >= 15 is 0 Å². The summed E-state index contributed by atoms with van der Waals surface area (Å²) in [5.41, 5.74) is 0.179. The minimum Gasteiger partial charge on any atom is -0.464 e. The number of hydrogen-bond donors (Lipinski definition) is 0. The van der Waals surface area contributed by atoms with Crippen molar-refractivity contribution in [1.29, 1.82) is 0 Å². The second-order valence-corrected chi connectivity index (χ2v) is 4.72. The van der Waals surface area contributed by atoms with Gasteiger partial charge in [0.2, 0.25) is 0 Å². The van der Waals surface area contributed by atoms with Crippen molar-refractivity contribution in [2.45, 2.75) is 6.92 Å². The SMILES string of the molecule is COC(=O)c1nc(C)oc1-c1ccc(Cl)s1. The lowest BCUT2D eigenvalue weighted by molar-refractivity contribution is 0.0595. The van der Waals surface area contributed by atoms with Gasteiger partial charge in [0.05, 0.1) is 16.3 Å². The Morgan fingerprint density at radius 3 is 2.88 bits per heavy atom. The van der Waals surface area contributed by atoms with E-state index in [1.807, 2.05) is 0 Å². The van der Waals surface area contributed by atoms with Crippen LogP contribution in [0.5, 0.6) is 0 Å². The summed E-state index contributed by atoms with van der Waals surface area (Å²) in [6.45, 7) is 1.67. The highest BCUT2D eigenvalue weighted by molar-refractivity contribution is 7.19. The molecule has 0 bridgehead atoms. The van der Waals surface area contributed by atoms with Gasteiger partial charge < -0.3 is 9.15 Å². The largest absolute Gasteiger partial charge is 0.464 e. The molecule has 6 heteroatoms. The summed E-state index contributed by atoms with van der Waals surface area (Å²) in [7, 11) is 1.30. The number of esters is 1. The third-order valence-corrected chi connectivity index (χ3v) is 3.14. The molecule has 84 valence electrons. The first kappa shape index (κ1) is 11.2. The summed E-state index contributed by atoms with van der Waals surface area (Å²) < 4.78 is 10.6. The molecule has 0 aliphatic carbocycles. The van der Waals surface area contributed by atoms with Gasteiger partial charge in [-0.05, 0) is 12.1 Å². The normalized spacial score (nSPS) is 10.4. The molecule has 2 rings (SSSR count). The van der Waals surface area contributed by atoms with Crippen LogP contribution in [0.25, 0.3) is 10.6 Å². The average Bonchev–Trinajstić information content (AvgIpc) is 2.83. The molecule has 0 aromatic carbocycles. The van der Waals surface area contributed by atoms with Crippen LogP contribution in [0.4, 0.5) is 0 Å². The zero-order chi connectivity index (χ0) is 11.7. The molecule has 0 N–H and O–H groups in total. The van der Waals surface area contributed by atoms with Crippen molar-refractivity contribution in [2.75, 3.05) is 7.11 Å². The van der Waals surface area contributed by atoms with Crippen molar-refractivity contribution in [3.05, 3.63) is 28.1 Å². The second-order valence-electron chi connectivity index (χ2n) is 3.01. The van der Waals surface area contributed by atoms with Crippen LogP contribution in [-0.2, 0) is 4.74 Å². The Kier molecular flexibility index (Phi) is 2.98. The van der Waals surface area contributed by atoms with Crippen molar-refractivity contribution in [2.24, 2.45) is 0 Å². The smallest absolute Gasteiger partial charge is 0.360 e. The molecule has 0 unspecified atom stereocenters. The lowest BCUT2D eigenvalue weighted by Crippen LogP contribution is -2.02. The minimum absolute atomic E-state index is 0.179. The molecule has 0 spiro atoms. The van der Waals surface area contributed by atoms with Crippen LogP contribution in [0.3, 0.4) is 0 Å². The molecule has 0 amide bonds. The first-order chi connectivity index (χ1) is 7.61. The number of hydrogen-bond acceptors (Lipinski definition) is 5. The molecule has 0 saturated heterocycles. The summed E-state index contributed by atoms with van der Waals surface area (Å²) in [5, 5.41) is 0. The molecule has 0 radical (unpaired) electrons. The van der Waals surface area contributed by atoms with Gasteiger partial charge in [0.25, 0.3) is 0 Å². The summed E-state index contributed by atoms with van der Waals surface area (Å²) in [4.78, 5) is 16.2. The quantitative estimate of drug-likeness (QED) is 0.776. The number of aromatic nitrogens is 1. The molecule has 0 aliphatic rings. The predicted octanol–water partition coefficient (Wildman–Crippen LogP) is 3.15. The Balaban J connectivity index is 2.52. The minimum atomic E-state index is -0.517. The topological polar surface area (TPSA) is 52.3 Å². The molecule has 2 heterocycles. The van der Waals surface area contributed by atoms with Gasteiger partial charge in [0, 0.05) is 6.92 Å². The molecule has 0 saturated carbocycles. The zero-order valence-electron chi connectivity index (χ0n) is 8.61. The van der Waals surface area contributed by atoms with Crippen LogP contribution in [0.2, 0.25) is 4.34 Å². The van der Waals surface area contributed by atoms with Crippen LogP contribution in [-0.4, -0.2) is 18.1 Å². The van der Waals surface area contributed by atoms with E-state index < -0.39 is 5.97 Å². The maximum atomic E-state index is 11.5. The van der Waals surface area contributed by atoms with E-state index in [4.69, 9.17) is 16.0 Å². The van der Waals surface area contributed by atoms with Gasteiger partial charge in [0.15, 0.2) is 17.3 Å². The average molecular weight is 258 g/mol. The third kappa shape index (κ3) is 1.96. The van der Waals surface area contributed by atoms with E-state index in [0.717, 1.165) is 4.88 Å². The van der Waals surface area contributed by atoms with E-state index in [1.165, 1.54) is 18.4 Å². The molecular formula is C10H8ClNO3S. The van der Waals surface area contributed by atoms with Gasteiger partial charge in [-0.25, -0.2) is 9.78 Å². The fraction of sp³-hybridized carbons (Fsp3) is 0.200. The van der Waals surface area contributed by atoms with E-state index in [-0.39, 0.29) is 5.69 Å². The monoisotopic (exact) mass is 257 g/mol. The molecular weight excluding hydrogens is 250 g/mol. The van der Waals surface area contributed by atoms with Gasteiger partial charge in [0.1, 0.15) is 0 Å². The van der Waals surface area contributed by atoms with Gasteiger partial charge in [-0.2, -0.15) is 0 Å². The lowest BCUT2D eigenvalue weighted by Gasteiger charge is -1.95. The molecule has 0 atom stereocenters. The summed E-state index contributed by atoms with van der Waals surface area (Å²) >= 11 is 7.14. The summed E-state index contributed by atoms with van der Waals surface area (Å²) in [6.07, 6.45) is 0. The fourth-order valence-electron chi connectivity index (χ4n) is 1.27. The number of halogens is 1. The molecule has 4 nitrogen and oxygen atoms in total. The highest BCUT2D eigenvalue weighted by Crippen LogP contribution is 2.33. The Labute approximate surface area is 101 Å². The van der Waals surface area contributed by atoms with Crippen molar-refractivity contribution in [3.63, 3.8) is 0 Å². The summed E-state index contributed by atoms with van der Waals surface area (Å²) in [5.74, 6) is 0.303. The predicted molar refractivity (Wildman–Crippen MR) is 60.9 cm³/mol. The zero-order valence-corrected chi connectivity index (χ0v) is 10.2. The number of thiophene rings is 1. The number of nitrogens with zero attached hydrogens (tertiary/aromatic N) is 1. The standard InChI is InChI=1S/C10H8ClNO3S/c1-5-12-8(10(13)14-2)9(15-5)6-3-4-7(11)16-6/h3-4H,1-2H3. The Morgan fingerprint density at radius 2 is 2.31 bits per heavy atom. The Morgan fingerprint density at radius 1 is 1.56 bits per heavy atom. The fourth-order valence-corrected chi connectivity index (χ4v) is 2.29. The molecule has 0 aliphatic heterocycles. The Hall–Kier alpha value is -1.33. The van der Waals surface area contributed by atoms with E-state index in [0.29, 0.717) is 16.0 Å². The first-order valence-electron chi connectivity index (χ1n) is 4.43. The Bertz CT molecular complexity index is 532. The number of carbonyl (C=O) groups excluding carboxylic acids is 1. The highest BCUT2D eigenvalue weighted by Gasteiger charge is 2.21. The first-order valence-corrected chi connectivity index (χ1v) is 5.62. The molecule has 0 fully saturated rings. The summed E-state index contributed by atoms with van der Waals surface area (Å²) in [6, 6.07) is 3.51. The number of rotatable bonds is 2. The molecule has 2 aromatic rings. The van der Waals surface area contributed by atoms with Gasteiger partial charge in [-0.1, -0.05) is 11.6 Å². The van der Waals surface area contributed by atoms with Crippen LogP contribution >= 0.6 is 22.9 Å². The van der Waals surface area contributed by atoms with E-state index in [2.05, 4.69) is 9.72 Å². The van der Waals surface area contributed by atoms with Gasteiger partial charge in [-0.15, -0.1) is 11.3 Å². The maximum Gasteiger partial charge on any atom is 0.360 e. The number of carbonyl (C=O) groups is 1. The highest BCUT2D eigenvalue weighted by atomic mass is 35.5. The van der Waals surface area contributed by atoms with Gasteiger partial charge in [-0.3, -0.25) is 0 Å². The van der Waals surface area contributed by atoms with Crippen LogP contribution in [0.1, 0.15) is 16.4 Å². The van der Waals surface area contributed by atoms with Gasteiger partial charge >= 0.3 is 5.97 Å². The van der Waals surface area contributed by atoms with Crippen molar-refractivity contribution in [3.8, 4) is 10.6 Å². The second kappa shape index (κ2) is 4.27. The molecule has 16 heavy (non-hydrogen) atoms. The van der Waals surface area contributed by atoms with Crippen LogP contribution in [0.15, 0.2) is 16.5 Å².